The van der Waals surface area contributed by atoms with E-state index in [-0.39, 0.29) is 5.78 Å². The van der Waals surface area contributed by atoms with E-state index < -0.39 is 0 Å². The highest BCUT2D eigenvalue weighted by Crippen LogP contribution is 2.33. The highest BCUT2D eigenvalue weighted by Gasteiger charge is 2.17. The van der Waals surface area contributed by atoms with Gasteiger partial charge in [0.2, 0.25) is 0 Å². The predicted octanol–water partition coefficient (Wildman–Crippen LogP) is 3.59. The Hall–Kier alpha value is -2.00. The first kappa shape index (κ1) is 13.4. The van der Waals surface area contributed by atoms with Crippen LogP contribution in [-0.2, 0) is 0 Å². The average molecular weight is 277 g/mol. The third-order valence-corrected chi connectivity index (χ3v) is 3.05. The Labute approximate surface area is 116 Å². The van der Waals surface area contributed by atoms with Gasteiger partial charge in [0.05, 0.1) is 24.8 Å². The first-order valence-electron chi connectivity index (χ1n) is 5.68. The van der Waals surface area contributed by atoms with E-state index in [1.165, 1.54) is 14.2 Å². The van der Waals surface area contributed by atoms with Gasteiger partial charge >= 0.3 is 0 Å². The molecule has 98 valence electrons. The van der Waals surface area contributed by atoms with Crippen LogP contribution in [0.25, 0.3) is 0 Å². The van der Waals surface area contributed by atoms with E-state index in [2.05, 4.69) is 0 Å². The second kappa shape index (κ2) is 5.76. The highest BCUT2D eigenvalue weighted by atomic mass is 35.5. The van der Waals surface area contributed by atoms with Crippen molar-refractivity contribution in [2.24, 2.45) is 0 Å². The number of hydrogen-bond acceptors (Lipinski definition) is 3. The molecular weight excluding hydrogens is 264 g/mol. The molecule has 0 aliphatic carbocycles. The maximum Gasteiger partial charge on any atom is 0.196 e. The normalized spacial score (nSPS) is 10.1. The van der Waals surface area contributed by atoms with Gasteiger partial charge in [0.25, 0.3) is 0 Å². The third kappa shape index (κ3) is 2.71. The van der Waals surface area contributed by atoms with Gasteiger partial charge in [0.1, 0.15) is 11.5 Å². The summed E-state index contributed by atoms with van der Waals surface area (Å²) in [5, 5.41) is 0.377. The molecule has 0 aliphatic rings. The summed E-state index contributed by atoms with van der Waals surface area (Å²) in [4.78, 5) is 12.4. The van der Waals surface area contributed by atoms with Gasteiger partial charge in [-0.15, -0.1) is 0 Å². The lowest BCUT2D eigenvalue weighted by atomic mass is 10.0. The van der Waals surface area contributed by atoms with Crippen LogP contribution in [0.15, 0.2) is 42.5 Å². The number of ketones is 1. The average Bonchev–Trinajstić information content (AvgIpc) is 2.47. The van der Waals surface area contributed by atoms with Crippen molar-refractivity contribution in [3.63, 3.8) is 0 Å². The van der Waals surface area contributed by atoms with Gasteiger partial charge in [0.15, 0.2) is 5.78 Å². The molecule has 0 heterocycles. The standard InChI is InChI=1S/C15H13ClO3/c1-18-13-9-14(19-2)12(16)8-11(13)15(17)10-6-4-3-5-7-10/h3-9H,1-2H3. The van der Waals surface area contributed by atoms with Crippen LogP contribution in [0.5, 0.6) is 11.5 Å². The highest BCUT2D eigenvalue weighted by molar-refractivity contribution is 6.32. The van der Waals surface area contributed by atoms with Crippen LogP contribution >= 0.6 is 11.6 Å². The minimum Gasteiger partial charge on any atom is -0.496 e. The number of rotatable bonds is 4. The quantitative estimate of drug-likeness (QED) is 0.801. The van der Waals surface area contributed by atoms with E-state index in [0.29, 0.717) is 27.6 Å². The maximum atomic E-state index is 12.4. The molecule has 0 saturated carbocycles. The third-order valence-electron chi connectivity index (χ3n) is 2.75. The van der Waals surface area contributed by atoms with E-state index in [1.54, 1.807) is 24.3 Å². The summed E-state index contributed by atoms with van der Waals surface area (Å²) in [5.41, 5.74) is 1.00. The van der Waals surface area contributed by atoms with E-state index >= 15 is 0 Å². The number of hydrogen-bond donors (Lipinski definition) is 0. The van der Waals surface area contributed by atoms with E-state index in [0.717, 1.165) is 0 Å². The van der Waals surface area contributed by atoms with Crippen LogP contribution in [-0.4, -0.2) is 20.0 Å². The molecule has 0 saturated heterocycles. The van der Waals surface area contributed by atoms with Crippen molar-refractivity contribution in [1.29, 1.82) is 0 Å². The number of carbonyl (C=O) groups excluding carboxylic acids is 1. The molecule has 2 aromatic carbocycles. The largest absolute Gasteiger partial charge is 0.496 e. The van der Waals surface area contributed by atoms with Crippen molar-refractivity contribution >= 4 is 17.4 Å². The molecule has 0 N–H and O–H groups in total. The molecule has 0 aromatic heterocycles. The fourth-order valence-corrected chi connectivity index (χ4v) is 2.02. The summed E-state index contributed by atoms with van der Waals surface area (Å²) in [6.45, 7) is 0. The van der Waals surface area contributed by atoms with Crippen molar-refractivity contribution in [3.05, 3.63) is 58.6 Å². The number of benzene rings is 2. The van der Waals surface area contributed by atoms with Crippen LogP contribution in [0.1, 0.15) is 15.9 Å². The van der Waals surface area contributed by atoms with Crippen LogP contribution in [0.3, 0.4) is 0 Å². The number of ether oxygens (including phenoxy) is 2. The van der Waals surface area contributed by atoms with Crippen LogP contribution in [0, 0.1) is 0 Å². The zero-order valence-corrected chi connectivity index (χ0v) is 11.4. The molecule has 0 fully saturated rings. The molecule has 0 bridgehead atoms. The Morgan fingerprint density at radius 3 is 2.21 bits per heavy atom. The summed E-state index contributed by atoms with van der Waals surface area (Å²) in [6, 6.07) is 12.2. The van der Waals surface area contributed by atoms with Gasteiger partial charge < -0.3 is 9.47 Å². The number of carbonyl (C=O) groups is 1. The van der Waals surface area contributed by atoms with E-state index in [1.807, 2.05) is 18.2 Å². The maximum absolute atomic E-state index is 12.4. The monoisotopic (exact) mass is 276 g/mol. The first-order chi connectivity index (χ1) is 9.17. The summed E-state index contributed by atoms with van der Waals surface area (Å²) < 4.78 is 10.3. The lowest BCUT2D eigenvalue weighted by Crippen LogP contribution is -2.04. The Morgan fingerprint density at radius 1 is 1.00 bits per heavy atom. The smallest absolute Gasteiger partial charge is 0.196 e. The minimum absolute atomic E-state index is 0.137. The molecule has 0 amide bonds. The summed E-state index contributed by atoms with van der Waals surface area (Å²) >= 11 is 6.06. The lowest BCUT2D eigenvalue weighted by molar-refractivity contribution is 0.103. The summed E-state index contributed by atoms with van der Waals surface area (Å²) in [7, 11) is 3.02. The van der Waals surface area contributed by atoms with Crippen molar-refractivity contribution in [3.8, 4) is 11.5 Å². The summed E-state index contributed by atoms with van der Waals surface area (Å²) in [5.74, 6) is 0.778. The predicted molar refractivity (Wildman–Crippen MR) is 74.4 cm³/mol. The molecule has 3 nitrogen and oxygen atoms in total. The molecule has 0 aliphatic heterocycles. The van der Waals surface area contributed by atoms with Crippen molar-refractivity contribution in [1.82, 2.24) is 0 Å². The van der Waals surface area contributed by atoms with E-state index in [4.69, 9.17) is 21.1 Å². The summed E-state index contributed by atoms with van der Waals surface area (Å²) in [6.07, 6.45) is 0. The van der Waals surface area contributed by atoms with Crippen LogP contribution < -0.4 is 9.47 Å². The molecule has 4 heteroatoms. The van der Waals surface area contributed by atoms with Crippen molar-refractivity contribution in [2.75, 3.05) is 14.2 Å². The van der Waals surface area contributed by atoms with Gasteiger partial charge in [-0.3, -0.25) is 4.79 Å². The molecule has 2 rings (SSSR count). The Kier molecular flexibility index (Phi) is 4.07. The number of halogens is 1. The second-order valence-electron chi connectivity index (χ2n) is 3.88. The van der Waals surface area contributed by atoms with Gasteiger partial charge in [-0.1, -0.05) is 41.9 Å². The van der Waals surface area contributed by atoms with Crippen LogP contribution in [0.4, 0.5) is 0 Å². The molecule has 2 aromatic rings. The van der Waals surface area contributed by atoms with Gasteiger partial charge in [0, 0.05) is 11.6 Å². The fourth-order valence-electron chi connectivity index (χ4n) is 1.78. The Morgan fingerprint density at radius 2 is 1.63 bits per heavy atom. The zero-order chi connectivity index (χ0) is 13.8. The zero-order valence-electron chi connectivity index (χ0n) is 10.6. The SMILES string of the molecule is COc1cc(OC)c(C(=O)c2ccccc2)cc1Cl. The van der Waals surface area contributed by atoms with Gasteiger partial charge in [-0.2, -0.15) is 0 Å². The minimum atomic E-state index is -0.137. The lowest BCUT2D eigenvalue weighted by Gasteiger charge is -2.11. The molecule has 0 unspecified atom stereocenters. The Balaban J connectivity index is 2.50. The molecule has 0 radical (unpaired) electrons. The molecular formula is C15H13ClO3. The topological polar surface area (TPSA) is 35.5 Å². The molecule has 0 atom stereocenters. The first-order valence-corrected chi connectivity index (χ1v) is 6.06. The Bertz CT molecular complexity index is 594. The van der Waals surface area contributed by atoms with Crippen molar-refractivity contribution in [2.45, 2.75) is 0 Å². The molecule has 19 heavy (non-hydrogen) atoms. The fraction of sp³-hybridized carbons (Fsp3) is 0.133. The second-order valence-corrected chi connectivity index (χ2v) is 4.29. The van der Waals surface area contributed by atoms with Gasteiger partial charge in [-0.05, 0) is 6.07 Å². The van der Waals surface area contributed by atoms with Gasteiger partial charge in [-0.25, -0.2) is 0 Å². The number of methoxy groups -OCH3 is 2. The van der Waals surface area contributed by atoms with Crippen molar-refractivity contribution < 1.29 is 14.3 Å². The van der Waals surface area contributed by atoms with Crippen LogP contribution in [0.2, 0.25) is 5.02 Å². The van der Waals surface area contributed by atoms with E-state index in [9.17, 15) is 4.79 Å². The molecule has 0 spiro atoms.